The summed E-state index contributed by atoms with van der Waals surface area (Å²) in [6.07, 6.45) is 7.70. The van der Waals surface area contributed by atoms with Crippen LogP contribution in [0, 0.1) is 18.8 Å². The molecule has 2 saturated heterocycles. The summed E-state index contributed by atoms with van der Waals surface area (Å²) in [5.74, 6) is 1.71. The van der Waals surface area contributed by atoms with Crippen LogP contribution < -0.4 is 4.90 Å². The Balaban J connectivity index is 1.14. The molecule has 0 aromatic heterocycles. The van der Waals surface area contributed by atoms with Gasteiger partial charge in [-0.05, 0) is 81.0 Å². The first-order chi connectivity index (χ1) is 17.8. The molecule has 198 valence electrons. The Kier molecular flexibility index (Phi) is 7.53. The minimum absolute atomic E-state index is 0.0674. The van der Waals surface area contributed by atoms with Crippen molar-refractivity contribution in [3.8, 4) is 0 Å². The van der Waals surface area contributed by atoms with Crippen LogP contribution in [0.25, 0.3) is 0 Å². The van der Waals surface area contributed by atoms with Gasteiger partial charge in [0.15, 0.2) is 0 Å². The van der Waals surface area contributed by atoms with E-state index in [1.165, 1.54) is 24.0 Å². The van der Waals surface area contributed by atoms with Gasteiger partial charge in [-0.25, -0.2) is 0 Å². The predicted molar refractivity (Wildman–Crippen MR) is 150 cm³/mol. The third-order valence-electron chi connectivity index (χ3n) is 9.21. The van der Waals surface area contributed by atoms with E-state index in [-0.39, 0.29) is 11.3 Å². The maximum Gasteiger partial charge on any atom is 0.254 e. The van der Waals surface area contributed by atoms with E-state index in [1.54, 1.807) is 19.0 Å². The topological polar surface area (TPSA) is 43.9 Å². The van der Waals surface area contributed by atoms with Gasteiger partial charge in [0.1, 0.15) is 0 Å². The lowest BCUT2D eigenvalue weighted by molar-refractivity contribution is -0.142. The predicted octanol–water partition coefficient (Wildman–Crippen LogP) is 5.93. The molecule has 2 aliphatic heterocycles. The molecule has 3 aliphatic rings. The lowest BCUT2D eigenvalue weighted by Crippen LogP contribution is -2.53. The average Bonchev–Trinajstić information content (AvgIpc) is 2.89. The molecule has 37 heavy (non-hydrogen) atoms. The van der Waals surface area contributed by atoms with E-state index >= 15 is 0 Å². The van der Waals surface area contributed by atoms with Crippen LogP contribution in [0.15, 0.2) is 42.5 Å². The van der Waals surface area contributed by atoms with Crippen LogP contribution in [0.3, 0.4) is 0 Å². The van der Waals surface area contributed by atoms with Gasteiger partial charge >= 0.3 is 0 Å². The van der Waals surface area contributed by atoms with Gasteiger partial charge in [0.05, 0.1) is 16.0 Å². The van der Waals surface area contributed by atoms with Crippen molar-refractivity contribution in [3.63, 3.8) is 0 Å². The number of benzene rings is 2. The number of hydrogen-bond donors (Lipinski definition) is 0. The van der Waals surface area contributed by atoms with Crippen molar-refractivity contribution in [2.75, 3.05) is 45.2 Å². The van der Waals surface area contributed by atoms with Gasteiger partial charge < -0.3 is 14.7 Å². The molecule has 0 bridgehead atoms. The Morgan fingerprint density at radius 3 is 2.00 bits per heavy atom. The Morgan fingerprint density at radius 1 is 0.892 bits per heavy atom. The van der Waals surface area contributed by atoms with Gasteiger partial charge in [0, 0.05) is 46.0 Å². The molecule has 1 aliphatic carbocycles. The number of hydrogen-bond acceptors (Lipinski definition) is 3. The van der Waals surface area contributed by atoms with E-state index in [9.17, 15) is 9.59 Å². The third kappa shape index (κ3) is 5.12. The van der Waals surface area contributed by atoms with Crippen LogP contribution >= 0.6 is 11.6 Å². The summed E-state index contributed by atoms with van der Waals surface area (Å²) in [6, 6.07) is 14.5. The second-order valence-corrected chi connectivity index (χ2v) is 12.0. The maximum absolute atomic E-state index is 13.7. The van der Waals surface area contributed by atoms with Gasteiger partial charge in [-0.1, -0.05) is 47.9 Å². The number of aryl methyl sites for hydroxylation is 1. The maximum atomic E-state index is 13.7. The minimum atomic E-state index is -0.278. The summed E-state index contributed by atoms with van der Waals surface area (Å²) in [5, 5.41) is 0.519. The zero-order valence-corrected chi connectivity index (χ0v) is 23.3. The van der Waals surface area contributed by atoms with Crippen molar-refractivity contribution >= 4 is 29.1 Å². The molecule has 5 rings (SSSR count). The first-order valence-corrected chi connectivity index (χ1v) is 14.3. The number of likely N-dealkylation sites (tertiary alicyclic amines) is 1. The zero-order valence-electron chi connectivity index (χ0n) is 22.5. The molecule has 0 spiro atoms. The number of carbonyl (C=O) groups excluding carboxylic acids is 2. The van der Waals surface area contributed by atoms with E-state index in [1.807, 2.05) is 18.2 Å². The van der Waals surface area contributed by atoms with E-state index in [0.717, 1.165) is 64.0 Å². The Bertz CT molecular complexity index is 1130. The fraction of sp³-hybridized carbons (Fsp3) is 0.548. The molecule has 3 fully saturated rings. The summed E-state index contributed by atoms with van der Waals surface area (Å²) in [6.45, 7) is 5.92. The molecule has 2 aromatic carbocycles. The highest BCUT2D eigenvalue weighted by Crippen LogP contribution is 2.46. The second kappa shape index (κ2) is 10.7. The van der Waals surface area contributed by atoms with Crippen LogP contribution in [0.2, 0.25) is 5.02 Å². The van der Waals surface area contributed by atoms with E-state index < -0.39 is 0 Å². The Hall–Kier alpha value is -2.53. The molecular weight excluding hydrogens is 482 g/mol. The second-order valence-electron chi connectivity index (χ2n) is 11.6. The van der Waals surface area contributed by atoms with Crippen LogP contribution in [0.1, 0.15) is 66.4 Å². The summed E-state index contributed by atoms with van der Waals surface area (Å²) in [4.78, 5) is 32.1. The molecule has 0 atom stereocenters. The monoisotopic (exact) mass is 521 g/mol. The highest BCUT2D eigenvalue weighted by Gasteiger charge is 2.48. The fourth-order valence-corrected chi connectivity index (χ4v) is 6.91. The van der Waals surface area contributed by atoms with Gasteiger partial charge in [-0.3, -0.25) is 9.59 Å². The SMILES string of the molecule is Cc1ccc(C2(C(=O)N3CCC(C4CCN(c5ccc(C(=O)N(C)C)c(Cl)c5)CC4)CC3)CCC2)cc1. The quantitative estimate of drug-likeness (QED) is 0.490. The standard InChI is InChI=1S/C31H40ClN3O2/c1-22-5-7-25(8-6-22)31(15-4-16-31)30(37)35-19-13-24(14-20-35)23-11-17-34(18-12-23)26-9-10-27(28(32)21-26)29(36)33(2)3/h5-10,21,23-24H,4,11-20H2,1-3H3. The van der Waals surface area contributed by atoms with Crippen molar-refractivity contribution in [1.82, 2.24) is 9.80 Å². The molecular formula is C31H40ClN3O2. The molecule has 1 saturated carbocycles. The van der Waals surface area contributed by atoms with Gasteiger partial charge in [0.2, 0.25) is 5.91 Å². The summed E-state index contributed by atoms with van der Waals surface area (Å²) in [5.41, 5.74) is 3.83. The van der Waals surface area contributed by atoms with Crippen LogP contribution in [0.5, 0.6) is 0 Å². The molecule has 0 N–H and O–H groups in total. The first kappa shape index (κ1) is 26.1. The molecule has 2 heterocycles. The van der Waals surface area contributed by atoms with E-state index in [0.29, 0.717) is 28.3 Å². The highest BCUT2D eigenvalue weighted by molar-refractivity contribution is 6.34. The Labute approximate surface area is 226 Å². The summed E-state index contributed by atoms with van der Waals surface area (Å²) >= 11 is 6.46. The van der Waals surface area contributed by atoms with Gasteiger partial charge in [0.25, 0.3) is 5.91 Å². The van der Waals surface area contributed by atoms with Crippen LogP contribution in [-0.4, -0.2) is 61.9 Å². The molecule has 5 nitrogen and oxygen atoms in total. The Morgan fingerprint density at radius 2 is 1.49 bits per heavy atom. The first-order valence-electron chi connectivity index (χ1n) is 13.9. The average molecular weight is 522 g/mol. The molecule has 6 heteroatoms. The molecule has 2 amide bonds. The number of amides is 2. The number of halogens is 1. The molecule has 2 aromatic rings. The van der Waals surface area contributed by atoms with Crippen molar-refractivity contribution in [1.29, 1.82) is 0 Å². The highest BCUT2D eigenvalue weighted by atomic mass is 35.5. The zero-order chi connectivity index (χ0) is 26.2. The lowest BCUT2D eigenvalue weighted by atomic mass is 9.63. The number of nitrogens with zero attached hydrogens (tertiary/aromatic N) is 3. The van der Waals surface area contributed by atoms with Crippen LogP contribution in [0.4, 0.5) is 5.69 Å². The normalized spacial score (nSPS) is 20.4. The number of rotatable bonds is 5. The van der Waals surface area contributed by atoms with Crippen LogP contribution in [-0.2, 0) is 10.2 Å². The van der Waals surface area contributed by atoms with Crippen molar-refractivity contribution in [2.24, 2.45) is 11.8 Å². The third-order valence-corrected chi connectivity index (χ3v) is 9.52. The fourth-order valence-electron chi connectivity index (χ4n) is 6.65. The van der Waals surface area contributed by atoms with E-state index in [2.05, 4.69) is 41.0 Å². The van der Waals surface area contributed by atoms with E-state index in [4.69, 9.17) is 11.6 Å². The van der Waals surface area contributed by atoms with Gasteiger partial charge in [-0.2, -0.15) is 0 Å². The van der Waals surface area contributed by atoms with Crippen molar-refractivity contribution in [2.45, 2.75) is 57.3 Å². The number of piperidine rings is 2. The molecule has 0 radical (unpaired) electrons. The van der Waals surface area contributed by atoms with Gasteiger partial charge in [-0.15, -0.1) is 0 Å². The van der Waals surface area contributed by atoms with Crippen molar-refractivity contribution < 1.29 is 9.59 Å². The van der Waals surface area contributed by atoms with Crippen molar-refractivity contribution in [3.05, 3.63) is 64.2 Å². The minimum Gasteiger partial charge on any atom is -0.371 e. The summed E-state index contributed by atoms with van der Waals surface area (Å²) < 4.78 is 0. The summed E-state index contributed by atoms with van der Waals surface area (Å²) in [7, 11) is 3.49. The number of carbonyl (C=O) groups is 2. The number of anilines is 1. The smallest absolute Gasteiger partial charge is 0.254 e. The largest absolute Gasteiger partial charge is 0.371 e. The lowest BCUT2D eigenvalue weighted by Gasteiger charge is -2.47. The molecule has 0 unspecified atom stereocenters.